The zero-order chi connectivity index (χ0) is 22.2. The summed E-state index contributed by atoms with van der Waals surface area (Å²) >= 11 is 0. The zero-order valence-corrected chi connectivity index (χ0v) is 18.1. The molecule has 29 heavy (non-hydrogen) atoms. The molecule has 0 aliphatic heterocycles. The van der Waals surface area contributed by atoms with Crippen molar-refractivity contribution in [2.45, 2.75) is 54.0 Å². The number of H-pyrrole nitrogens is 1. The van der Waals surface area contributed by atoms with Gasteiger partial charge in [0.2, 0.25) is 0 Å². The van der Waals surface area contributed by atoms with Crippen LogP contribution in [0.25, 0.3) is 11.0 Å². The van der Waals surface area contributed by atoms with Crippen LogP contribution in [0.15, 0.2) is 24.5 Å². The van der Waals surface area contributed by atoms with E-state index >= 15 is 0 Å². The predicted octanol–water partition coefficient (Wildman–Crippen LogP) is 4.61. The van der Waals surface area contributed by atoms with Crippen molar-refractivity contribution in [3.05, 3.63) is 47.4 Å². The molecule has 158 valence electrons. The number of nitrogens with zero attached hydrogens (tertiary/aromatic N) is 3. The number of halogens is 1. The topological polar surface area (TPSA) is 92.5 Å². The molecule has 3 rings (SSSR count). The average Bonchev–Trinajstić information content (AvgIpc) is 3.06. The summed E-state index contributed by atoms with van der Waals surface area (Å²) in [5.74, 6) is 0.708. The largest absolute Gasteiger partial charge is 0.365 e. The van der Waals surface area contributed by atoms with Crippen LogP contribution >= 0.6 is 0 Å². The number of anilines is 1. The minimum absolute atomic E-state index is 0.339. The highest BCUT2D eigenvalue weighted by molar-refractivity contribution is 5.88. The van der Waals surface area contributed by atoms with Crippen LogP contribution in [0.3, 0.4) is 0 Å². The van der Waals surface area contributed by atoms with Crippen molar-refractivity contribution in [1.29, 1.82) is 0 Å². The second-order valence-corrected chi connectivity index (χ2v) is 5.72. The van der Waals surface area contributed by atoms with Crippen LogP contribution in [0.2, 0.25) is 0 Å². The number of hydrogen-bond donors (Lipinski definition) is 3. The molecule has 0 aromatic carbocycles. The fourth-order valence-corrected chi connectivity index (χ4v) is 2.35. The van der Waals surface area contributed by atoms with Gasteiger partial charge in [0.05, 0.1) is 11.1 Å². The van der Waals surface area contributed by atoms with Crippen molar-refractivity contribution in [3.8, 4) is 12.8 Å². The number of nitrogens with one attached hydrogen (secondary N) is 2. The van der Waals surface area contributed by atoms with Gasteiger partial charge in [-0.3, -0.25) is 4.98 Å². The molecule has 3 aromatic heterocycles. The van der Waals surface area contributed by atoms with E-state index in [9.17, 15) is 4.39 Å². The molecule has 0 radical (unpaired) electrons. The Morgan fingerprint density at radius 3 is 2.41 bits per heavy atom. The van der Waals surface area contributed by atoms with Gasteiger partial charge in [0.1, 0.15) is 17.3 Å². The first-order valence-electron chi connectivity index (χ1n) is 9.81. The summed E-state index contributed by atoms with van der Waals surface area (Å²) in [6.45, 7) is 10.9. The standard InChI is InChI=1S/C15H17FN6.C3H8.C2H6.C2H2/c1-9-20-14(19-8-10-3-2-6-18-7-10)12-13(16)11(4-5-17)22-15(12)21-9;1-3-2;2*1-2/h2-3,6-7H,4-5,8,17H2,1H3,(H2,19,20,21,22);3H2,1-2H3;1-2H3;1-2H. The minimum atomic E-state index is -0.339. The third kappa shape index (κ3) is 7.88. The van der Waals surface area contributed by atoms with Gasteiger partial charge in [0.15, 0.2) is 5.82 Å². The summed E-state index contributed by atoms with van der Waals surface area (Å²) in [5, 5.41) is 3.53. The van der Waals surface area contributed by atoms with Crippen molar-refractivity contribution in [3.63, 3.8) is 0 Å². The van der Waals surface area contributed by atoms with Gasteiger partial charge in [-0.05, 0) is 25.1 Å². The molecule has 0 spiro atoms. The normalized spacial score (nSPS) is 9.28. The number of terminal acetylenes is 1. The summed E-state index contributed by atoms with van der Waals surface area (Å²) in [6.07, 6.45) is 13.1. The Bertz CT molecular complexity index is 843. The van der Waals surface area contributed by atoms with E-state index in [0.717, 1.165) is 5.56 Å². The van der Waals surface area contributed by atoms with Crippen LogP contribution in [0.4, 0.5) is 10.2 Å². The Morgan fingerprint density at radius 1 is 1.21 bits per heavy atom. The highest BCUT2D eigenvalue weighted by Gasteiger charge is 2.17. The molecule has 0 saturated heterocycles. The second kappa shape index (κ2) is 15.0. The van der Waals surface area contributed by atoms with E-state index in [2.05, 4.69) is 51.9 Å². The van der Waals surface area contributed by atoms with Gasteiger partial charge in [-0.1, -0.05) is 40.2 Å². The molecule has 0 aliphatic rings. The highest BCUT2D eigenvalue weighted by atomic mass is 19.1. The van der Waals surface area contributed by atoms with Gasteiger partial charge in [-0.2, -0.15) is 0 Å². The molecule has 0 saturated carbocycles. The van der Waals surface area contributed by atoms with E-state index in [0.29, 0.717) is 47.9 Å². The van der Waals surface area contributed by atoms with E-state index in [1.807, 2.05) is 26.0 Å². The number of aryl methyl sites for hydroxylation is 1. The lowest BCUT2D eigenvalue weighted by Crippen LogP contribution is -2.05. The number of hydrogen-bond acceptors (Lipinski definition) is 5. The molecule has 6 nitrogen and oxygen atoms in total. The summed E-state index contributed by atoms with van der Waals surface area (Å²) in [4.78, 5) is 15.6. The summed E-state index contributed by atoms with van der Waals surface area (Å²) in [6, 6.07) is 3.80. The highest BCUT2D eigenvalue weighted by Crippen LogP contribution is 2.26. The summed E-state index contributed by atoms with van der Waals surface area (Å²) < 4.78 is 14.5. The van der Waals surface area contributed by atoms with Gasteiger partial charge < -0.3 is 16.0 Å². The molecule has 0 fully saturated rings. The third-order valence-electron chi connectivity index (χ3n) is 3.35. The van der Waals surface area contributed by atoms with Gasteiger partial charge in [0.25, 0.3) is 0 Å². The summed E-state index contributed by atoms with van der Waals surface area (Å²) in [7, 11) is 0. The van der Waals surface area contributed by atoms with Crippen LogP contribution in [0.5, 0.6) is 0 Å². The molecule has 4 N–H and O–H groups in total. The van der Waals surface area contributed by atoms with E-state index in [4.69, 9.17) is 5.73 Å². The molecule has 0 bridgehead atoms. The maximum atomic E-state index is 14.5. The van der Waals surface area contributed by atoms with E-state index in [1.165, 1.54) is 6.42 Å². The van der Waals surface area contributed by atoms with Crippen LogP contribution in [-0.4, -0.2) is 26.5 Å². The number of pyridine rings is 1. The predicted molar refractivity (Wildman–Crippen MR) is 120 cm³/mol. The SMILES string of the molecule is C#C.CC.CCC.Cc1nc(NCc2cccnc2)c2c(F)c(CCN)[nH]c2n1. The Hall–Kier alpha value is -2.98. The smallest absolute Gasteiger partial charge is 0.157 e. The van der Waals surface area contributed by atoms with E-state index < -0.39 is 0 Å². The molecule has 0 aliphatic carbocycles. The second-order valence-electron chi connectivity index (χ2n) is 5.72. The Morgan fingerprint density at radius 2 is 1.86 bits per heavy atom. The Labute approximate surface area is 173 Å². The first-order valence-corrected chi connectivity index (χ1v) is 9.81. The van der Waals surface area contributed by atoms with Crippen LogP contribution in [0, 0.1) is 25.6 Å². The number of aromatic amines is 1. The zero-order valence-electron chi connectivity index (χ0n) is 18.1. The van der Waals surface area contributed by atoms with E-state index in [-0.39, 0.29) is 5.82 Å². The molecule has 0 amide bonds. The Kier molecular flexibility index (Phi) is 13.5. The lowest BCUT2D eigenvalue weighted by Gasteiger charge is -2.07. The van der Waals surface area contributed by atoms with Crippen molar-refractivity contribution in [1.82, 2.24) is 19.9 Å². The van der Waals surface area contributed by atoms with Crippen molar-refractivity contribution < 1.29 is 4.39 Å². The monoisotopic (exact) mass is 400 g/mol. The van der Waals surface area contributed by atoms with Gasteiger partial charge in [-0.15, -0.1) is 12.8 Å². The first kappa shape index (κ1) is 26.0. The van der Waals surface area contributed by atoms with Gasteiger partial charge in [0, 0.05) is 25.4 Å². The van der Waals surface area contributed by atoms with E-state index in [1.54, 1.807) is 19.3 Å². The van der Waals surface area contributed by atoms with Gasteiger partial charge >= 0.3 is 0 Å². The number of rotatable bonds is 5. The molecule has 3 heterocycles. The van der Waals surface area contributed by atoms with Crippen molar-refractivity contribution in [2.75, 3.05) is 11.9 Å². The minimum Gasteiger partial charge on any atom is -0.365 e. The fourth-order valence-electron chi connectivity index (χ4n) is 2.35. The lowest BCUT2D eigenvalue weighted by atomic mass is 10.2. The molecule has 7 heteroatoms. The maximum absolute atomic E-state index is 14.5. The maximum Gasteiger partial charge on any atom is 0.157 e. The quantitative estimate of drug-likeness (QED) is 0.544. The molecule has 3 aromatic rings. The average molecular weight is 401 g/mol. The molecular weight excluding hydrogens is 367 g/mol. The molecular formula is C22H33FN6. The van der Waals surface area contributed by atoms with Crippen molar-refractivity contribution >= 4 is 16.9 Å². The Balaban J connectivity index is 0.00000100. The number of fused-ring (bicyclic) bond motifs is 1. The van der Waals surface area contributed by atoms with Crippen LogP contribution in [0.1, 0.15) is 51.2 Å². The van der Waals surface area contributed by atoms with Crippen LogP contribution in [-0.2, 0) is 13.0 Å². The molecule has 0 unspecified atom stereocenters. The first-order chi connectivity index (χ1) is 14.1. The molecule has 0 atom stereocenters. The fraction of sp³-hybridized carbons (Fsp3) is 0.409. The summed E-state index contributed by atoms with van der Waals surface area (Å²) in [5.41, 5.74) is 7.45. The van der Waals surface area contributed by atoms with Crippen molar-refractivity contribution in [2.24, 2.45) is 5.73 Å². The number of nitrogens with two attached hydrogens (primary N) is 1. The van der Waals surface area contributed by atoms with Crippen LogP contribution < -0.4 is 11.1 Å². The third-order valence-corrected chi connectivity index (χ3v) is 3.35. The lowest BCUT2D eigenvalue weighted by molar-refractivity contribution is 0.618. The number of aromatic nitrogens is 4. The van der Waals surface area contributed by atoms with Gasteiger partial charge in [-0.25, -0.2) is 14.4 Å².